The van der Waals surface area contributed by atoms with E-state index in [2.05, 4.69) is 5.32 Å². The van der Waals surface area contributed by atoms with E-state index in [1.54, 1.807) is 25.7 Å². The fourth-order valence-corrected chi connectivity index (χ4v) is 2.89. The standard InChI is InChI=1S/C19H26ClFN2O5/c1-19(2,3)28-18(25)23-8-7-15(16(10-23)26-4)22-17(24)11-27-12-5-6-13(20)14(21)9-12/h5-6,9,15-16H,7-8,10-11H2,1-4H3,(H,22,24). The van der Waals surface area contributed by atoms with Gasteiger partial charge >= 0.3 is 6.09 Å². The van der Waals surface area contributed by atoms with Crippen LogP contribution in [-0.2, 0) is 14.3 Å². The number of hydrogen-bond acceptors (Lipinski definition) is 5. The highest BCUT2D eigenvalue weighted by atomic mass is 35.5. The fraction of sp³-hybridized carbons (Fsp3) is 0.579. The zero-order valence-electron chi connectivity index (χ0n) is 16.5. The second-order valence-electron chi connectivity index (χ2n) is 7.53. The molecule has 156 valence electrons. The predicted octanol–water partition coefficient (Wildman–Crippen LogP) is 3.00. The number of ether oxygens (including phenoxy) is 3. The van der Waals surface area contributed by atoms with Crippen molar-refractivity contribution in [2.24, 2.45) is 0 Å². The maximum atomic E-state index is 13.4. The van der Waals surface area contributed by atoms with Crippen molar-refractivity contribution >= 4 is 23.6 Å². The third-order valence-electron chi connectivity index (χ3n) is 4.12. The number of methoxy groups -OCH3 is 1. The lowest BCUT2D eigenvalue weighted by atomic mass is 10.0. The molecule has 2 unspecified atom stereocenters. The van der Waals surface area contributed by atoms with Gasteiger partial charge in [0.2, 0.25) is 0 Å². The molecule has 1 aromatic carbocycles. The largest absolute Gasteiger partial charge is 0.484 e. The lowest BCUT2D eigenvalue weighted by Gasteiger charge is -2.38. The highest BCUT2D eigenvalue weighted by Crippen LogP contribution is 2.21. The molecule has 0 radical (unpaired) electrons. The quantitative estimate of drug-likeness (QED) is 0.798. The molecule has 9 heteroatoms. The van der Waals surface area contributed by atoms with Crippen LogP contribution < -0.4 is 10.1 Å². The number of rotatable bonds is 5. The first-order valence-electron chi connectivity index (χ1n) is 8.97. The number of likely N-dealkylation sites (tertiary alicyclic amines) is 1. The first kappa shape index (κ1) is 22.2. The molecule has 1 N–H and O–H groups in total. The highest BCUT2D eigenvalue weighted by molar-refractivity contribution is 6.30. The fourth-order valence-electron chi connectivity index (χ4n) is 2.78. The van der Waals surface area contributed by atoms with E-state index in [4.69, 9.17) is 25.8 Å². The van der Waals surface area contributed by atoms with E-state index in [0.29, 0.717) is 19.5 Å². The molecule has 2 rings (SSSR count). The minimum atomic E-state index is -0.617. The molecule has 28 heavy (non-hydrogen) atoms. The molecule has 0 aliphatic carbocycles. The average molecular weight is 417 g/mol. The van der Waals surface area contributed by atoms with Gasteiger partial charge in [0.1, 0.15) is 17.2 Å². The van der Waals surface area contributed by atoms with Crippen molar-refractivity contribution in [1.82, 2.24) is 10.2 Å². The molecule has 1 aromatic rings. The summed E-state index contributed by atoms with van der Waals surface area (Å²) in [5, 5.41) is 2.82. The van der Waals surface area contributed by atoms with Crippen LogP contribution >= 0.6 is 11.6 Å². The number of carbonyl (C=O) groups is 2. The molecule has 1 aliphatic heterocycles. The van der Waals surface area contributed by atoms with E-state index < -0.39 is 17.5 Å². The van der Waals surface area contributed by atoms with Gasteiger partial charge in [-0.15, -0.1) is 0 Å². The lowest BCUT2D eigenvalue weighted by molar-refractivity contribution is -0.125. The Balaban J connectivity index is 1.85. The molecule has 1 saturated heterocycles. The normalized spacial score (nSPS) is 19.9. The van der Waals surface area contributed by atoms with Crippen molar-refractivity contribution in [3.8, 4) is 5.75 Å². The van der Waals surface area contributed by atoms with Crippen molar-refractivity contribution in [3.63, 3.8) is 0 Å². The van der Waals surface area contributed by atoms with Crippen LogP contribution in [0, 0.1) is 5.82 Å². The minimum absolute atomic E-state index is 0.0171. The number of carbonyl (C=O) groups excluding carboxylic acids is 2. The monoisotopic (exact) mass is 416 g/mol. The Bertz CT molecular complexity index is 710. The third-order valence-corrected chi connectivity index (χ3v) is 4.43. The van der Waals surface area contributed by atoms with E-state index in [-0.39, 0.29) is 35.4 Å². The number of nitrogens with zero attached hydrogens (tertiary/aromatic N) is 1. The number of piperidine rings is 1. The van der Waals surface area contributed by atoms with Gasteiger partial charge in [-0.05, 0) is 39.3 Å². The summed E-state index contributed by atoms with van der Waals surface area (Å²) < 4.78 is 29.5. The molecule has 2 amide bonds. The van der Waals surface area contributed by atoms with Gasteiger partial charge in [0.15, 0.2) is 6.61 Å². The maximum absolute atomic E-state index is 13.4. The second-order valence-corrected chi connectivity index (χ2v) is 7.93. The summed E-state index contributed by atoms with van der Waals surface area (Å²) in [5.74, 6) is -0.776. The second kappa shape index (κ2) is 9.43. The number of halogens is 2. The van der Waals surface area contributed by atoms with E-state index in [1.165, 1.54) is 19.2 Å². The first-order chi connectivity index (χ1) is 13.1. The molecular formula is C19H26ClFN2O5. The molecule has 0 spiro atoms. The Morgan fingerprint density at radius 1 is 1.36 bits per heavy atom. The van der Waals surface area contributed by atoms with Gasteiger partial charge < -0.3 is 24.4 Å². The van der Waals surface area contributed by atoms with Crippen LogP contribution in [0.15, 0.2) is 18.2 Å². The Labute approximate surface area is 169 Å². The number of benzene rings is 1. The smallest absolute Gasteiger partial charge is 0.410 e. The zero-order chi connectivity index (χ0) is 20.9. The molecule has 2 atom stereocenters. The Hall–Kier alpha value is -2.06. The Morgan fingerprint density at radius 2 is 2.07 bits per heavy atom. The number of nitrogens with one attached hydrogen (secondary N) is 1. The Kier molecular flexibility index (Phi) is 7.48. The molecule has 0 saturated carbocycles. The van der Waals surface area contributed by atoms with Crippen LogP contribution in [0.1, 0.15) is 27.2 Å². The highest BCUT2D eigenvalue weighted by Gasteiger charge is 2.34. The van der Waals surface area contributed by atoms with Crippen molar-refractivity contribution in [3.05, 3.63) is 29.0 Å². The molecule has 7 nitrogen and oxygen atoms in total. The Morgan fingerprint density at radius 3 is 2.68 bits per heavy atom. The predicted molar refractivity (Wildman–Crippen MR) is 102 cm³/mol. The van der Waals surface area contributed by atoms with Crippen LogP contribution in [0.2, 0.25) is 5.02 Å². The van der Waals surface area contributed by atoms with Crippen molar-refractivity contribution in [2.75, 3.05) is 26.8 Å². The van der Waals surface area contributed by atoms with Crippen molar-refractivity contribution in [2.45, 2.75) is 44.9 Å². The van der Waals surface area contributed by atoms with Gasteiger partial charge in [0.05, 0.1) is 23.7 Å². The summed E-state index contributed by atoms with van der Waals surface area (Å²) in [4.78, 5) is 26.0. The summed E-state index contributed by atoms with van der Waals surface area (Å²) in [6.07, 6.45) is -0.274. The van der Waals surface area contributed by atoms with Crippen molar-refractivity contribution in [1.29, 1.82) is 0 Å². The van der Waals surface area contributed by atoms with Crippen LogP contribution in [0.3, 0.4) is 0 Å². The van der Waals surface area contributed by atoms with Crippen LogP contribution in [0.5, 0.6) is 5.75 Å². The average Bonchev–Trinajstić information content (AvgIpc) is 2.61. The van der Waals surface area contributed by atoms with Gasteiger partial charge in [0, 0.05) is 19.7 Å². The molecule has 1 heterocycles. The van der Waals surface area contributed by atoms with Crippen LogP contribution in [-0.4, -0.2) is 61.5 Å². The molecule has 1 aliphatic rings. The minimum Gasteiger partial charge on any atom is -0.484 e. The SMILES string of the molecule is COC1CN(C(=O)OC(C)(C)C)CCC1NC(=O)COc1ccc(Cl)c(F)c1. The maximum Gasteiger partial charge on any atom is 0.410 e. The van der Waals surface area contributed by atoms with Gasteiger partial charge in [0.25, 0.3) is 5.91 Å². The third kappa shape index (κ3) is 6.53. The van der Waals surface area contributed by atoms with E-state index >= 15 is 0 Å². The molecule has 1 fully saturated rings. The van der Waals surface area contributed by atoms with E-state index in [9.17, 15) is 14.0 Å². The van der Waals surface area contributed by atoms with Crippen LogP contribution in [0.25, 0.3) is 0 Å². The zero-order valence-corrected chi connectivity index (χ0v) is 17.2. The van der Waals surface area contributed by atoms with E-state index in [0.717, 1.165) is 6.07 Å². The summed E-state index contributed by atoms with van der Waals surface area (Å²) >= 11 is 5.61. The van der Waals surface area contributed by atoms with Gasteiger partial charge in [-0.1, -0.05) is 11.6 Å². The molecular weight excluding hydrogens is 391 g/mol. The van der Waals surface area contributed by atoms with Crippen molar-refractivity contribution < 1.29 is 28.2 Å². The summed E-state index contributed by atoms with van der Waals surface area (Å²) in [6.45, 7) is 5.88. The summed E-state index contributed by atoms with van der Waals surface area (Å²) in [7, 11) is 1.52. The molecule has 0 bridgehead atoms. The van der Waals surface area contributed by atoms with Gasteiger partial charge in [-0.25, -0.2) is 9.18 Å². The van der Waals surface area contributed by atoms with Gasteiger partial charge in [-0.2, -0.15) is 0 Å². The number of amides is 2. The van der Waals surface area contributed by atoms with Gasteiger partial charge in [-0.3, -0.25) is 4.79 Å². The first-order valence-corrected chi connectivity index (χ1v) is 9.35. The number of hydrogen-bond donors (Lipinski definition) is 1. The van der Waals surface area contributed by atoms with Crippen LogP contribution in [0.4, 0.5) is 9.18 Å². The summed E-state index contributed by atoms with van der Waals surface area (Å²) in [6, 6.07) is 3.68. The lowest BCUT2D eigenvalue weighted by Crippen LogP contribution is -2.57. The summed E-state index contributed by atoms with van der Waals surface area (Å²) in [5.41, 5.74) is -0.580. The topological polar surface area (TPSA) is 77.1 Å². The van der Waals surface area contributed by atoms with E-state index in [1.807, 2.05) is 0 Å². The molecule has 0 aromatic heterocycles.